The standard InChI is InChI=1S/C38H64N2O25/c1-16-23(46)27(50)30(53)35(60-16)57-11-9-39(8-4-2-3-5-22(45)65-40-20(43)6-7-21(40)44)10-12-58-37-33(56)34(64-38-32(55)29(52)25(48)18(14-42)62-38)26(49)19(63-37)15-59-36-31(54)28(51)24(47)17(13-41)61-36/h16-19,23-38,41-42,46-56H,2-15H2,1H3/t16-,17+,18+,19+,23+,24+,25+,26+,27+,28-,29-,30-,31-,32-,33-,34-,35+,36-,37-,38+/m0/s1. The van der Waals surface area contributed by atoms with E-state index in [9.17, 15) is 80.8 Å². The third kappa shape index (κ3) is 13.5. The molecule has 376 valence electrons. The first-order chi connectivity index (χ1) is 30.9. The highest BCUT2D eigenvalue weighted by molar-refractivity contribution is 6.01. The maximum atomic E-state index is 12.3. The molecule has 5 saturated heterocycles. The van der Waals surface area contributed by atoms with Crippen molar-refractivity contribution < 1.29 is 124 Å². The van der Waals surface area contributed by atoms with E-state index in [0.29, 0.717) is 30.9 Å². The molecule has 27 nitrogen and oxygen atoms in total. The molecule has 2 amide bonds. The van der Waals surface area contributed by atoms with Crippen LogP contribution in [0, 0.1) is 0 Å². The number of hydroxylamine groups is 2. The summed E-state index contributed by atoms with van der Waals surface area (Å²) >= 11 is 0. The molecule has 20 atom stereocenters. The van der Waals surface area contributed by atoms with Gasteiger partial charge in [-0.3, -0.25) is 14.5 Å². The fourth-order valence-electron chi connectivity index (χ4n) is 7.74. The van der Waals surface area contributed by atoms with Crippen molar-refractivity contribution in [2.75, 3.05) is 52.7 Å². The number of nitrogens with zero attached hydrogens (tertiary/aromatic N) is 2. The van der Waals surface area contributed by atoms with E-state index in [-0.39, 0.29) is 45.6 Å². The first kappa shape index (κ1) is 53.7. The normalized spacial score (nSPS) is 41.6. The minimum atomic E-state index is -1.95. The van der Waals surface area contributed by atoms with Crippen LogP contribution in [0.15, 0.2) is 0 Å². The Morgan fingerprint density at radius 2 is 1.06 bits per heavy atom. The van der Waals surface area contributed by atoms with Gasteiger partial charge >= 0.3 is 5.97 Å². The van der Waals surface area contributed by atoms with Crippen LogP contribution in [0.3, 0.4) is 0 Å². The van der Waals surface area contributed by atoms with E-state index in [1.54, 1.807) is 0 Å². The first-order valence-corrected chi connectivity index (χ1v) is 21.5. The number of rotatable bonds is 22. The summed E-state index contributed by atoms with van der Waals surface area (Å²) in [6.45, 7) is -0.513. The zero-order valence-electron chi connectivity index (χ0n) is 35.6. The van der Waals surface area contributed by atoms with Gasteiger partial charge in [-0.05, 0) is 26.3 Å². The van der Waals surface area contributed by atoms with Crippen molar-refractivity contribution in [3.63, 3.8) is 0 Å². The lowest BCUT2D eigenvalue weighted by Gasteiger charge is -2.46. The fourth-order valence-corrected chi connectivity index (χ4v) is 7.74. The van der Waals surface area contributed by atoms with Crippen LogP contribution in [0.5, 0.6) is 0 Å². The van der Waals surface area contributed by atoms with Crippen molar-refractivity contribution in [2.24, 2.45) is 0 Å². The van der Waals surface area contributed by atoms with Gasteiger partial charge in [0.15, 0.2) is 25.2 Å². The van der Waals surface area contributed by atoms with E-state index in [2.05, 4.69) is 0 Å². The highest BCUT2D eigenvalue weighted by atomic mass is 16.8. The molecular weight excluding hydrogens is 884 g/mol. The smallest absolute Gasteiger partial charge is 0.333 e. The third-order valence-corrected chi connectivity index (χ3v) is 11.8. The number of hydrogen-bond donors (Lipinski definition) is 13. The lowest BCUT2D eigenvalue weighted by Crippen LogP contribution is -2.65. The average Bonchev–Trinajstić information content (AvgIpc) is 3.60. The minimum Gasteiger partial charge on any atom is -0.394 e. The summed E-state index contributed by atoms with van der Waals surface area (Å²) < 4.78 is 45.1. The van der Waals surface area contributed by atoms with Gasteiger partial charge in [-0.15, -0.1) is 5.06 Å². The second-order valence-corrected chi connectivity index (χ2v) is 16.5. The zero-order valence-corrected chi connectivity index (χ0v) is 35.6. The van der Waals surface area contributed by atoms with E-state index in [1.807, 2.05) is 4.90 Å². The van der Waals surface area contributed by atoms with Gasteiger partial charge in [0.05, 0.1) is 39.1 Å². The van der Waals surface area contributed by atoms with Gasteiger partial charge in [-0.2, -0.15) is 0 Å². The molecule has 0 bridgehead atoms. The van der Waals surface area contributed by atoms with E-state index in [4.69, 9.17) is 42.7 Å². The van der Waals surface area contributed by atoms with Crippen LogP contribution in [-0.4, -0.2) is 270 Å². The summed E-state index contributed by atoms with van der Waals surface area (Å²) in [6, 6.07) is 0. The van der Waals surface area contributed by atoms with Gasteiger partial charge in [0.25, 0.3) is 11.8 Å². The Hall–Kier alpha value is -2.27. The summed E-state index contributed by atoms with van der Waals surface area (Å²) in [5.41, 5.74) is 0. The zero-order chi connectivity index (χ0) is 47.7. The Kier molecular flexibility index (Phi) is 20.5. The monoisotopic (exact) mass is 948 g/mol. The highest BCUT2D eigenvalue weighted by Crippen LogP contribution is 2.31. The fraction of sp³-hybridized carbons (Fsp3) is 0.921. The SMILES string of the molecule is C[C@@H]1O[C@@H](OCCN(CCCCCC(=O)ON2C(=O)CCC2=O)CCO[C@H]2O[C@H](CO[C@H]3O[C@H](CO)[C@@H](O)[C@H](O)[C@@H]3O)[C@@H](O)[C@H](O[C@H]3O[C@H](CO)[C@@H](O)[C@H](O)[C@@H]3O)[C@@H]2O)[C@@H](O)[C@H](O)[C@@H]1O. The Bertz CT molecular complexity index is 1480. The Labute approximate surface area is 372 Å². The number of unbranched alkanes of at least 4 members (excludes halogenated alkanes) is 2. The van der Waals surface area contributed by atoms with Crippen LogP contribution in [0.1, 0.15) is 45.4 Å². The van der Waals surface area contributed by atoms with Crippen LogP contribution in [-0.2, 0) is 57.1 Å². The van der Waals surface area contributed by atoms with E-state index < -0.39 is 160 Å². The van der Waals surface area contributed by atoms with Crippen molar-refractivity contribution in [3.8, 4) is 0 Å². The largest absolute Gasteiger partial charge is 0.394 e. The minimum absolute atomic E-state index is 0.0480. The number of ether oxygens (including phenoxy) is 8. The second kappa shape index (κ2) is 24.8. The topological polar surface area (TPSA) is 404 Å². The lowest BCUT2D eigenvalue weighted by molar-refractivity contribution is -0.366. The molecule has 27 heteroatoms. The Morgan fingerprint density at radius 1 is 0.569 bits per heavy atom. The molecule has 0 radical (unpaired) electrons. The van der Waals surface area contributed by atoms with Gasteiger partial charge in [0, 0.05) is 32.4 Å². The van der Waals surface area contributed by atoms with Crippen LogP contribution in [0.2, 0.25) is 0 Å². The van der Waals surface area contributed by atoms with E-state index in [0.717, 1.165) is 0 Å². The predicted octanol–water partition coefficient (Wildman–Crippen LogP) is -8.24. The number of hydrogen-bond acceptors (Lipinski definition) is 26. The van der Waals surface area contributed by atoms with Gasteiger partial charge in [-0.1, -0.05) is 6.42 Å². The first-order valence-electron chi connectivity index (χ1n) is 21.5. The maximum absolute atomic E-state index is 12.3. The summed E-state index contributed by atoms with van der Waals surface area (Å²) in [5.74, 6) is -1.97. The molecule has 0 aromatic heterocycles. The maximum Gasteiger partial charge on any atom is 0.333 e. The van der Waals surface area contributed by atoms with Crippen LogP contribution < -0.4 is 0 Å². The molecule has 13 N–H and O–H groups in total. The number of aliphatic hydroxyl groups excluding tert-OH is 13. The molecule has 5 rings (SSSR count). The number of aliphatic hydroxyl groups is 13. The van der Waals surface area contributed by atoms with Crippen LogP contribution >= 0.6 is 0 Å². The molecule has 0 unspecified atom stereocenters. The average molecular weight is 949 g/mol. The number of carbonyl (C=O) groups excluding carboxylic acids is 3. The summed E-state index contributed by atoms with van der Waals surface area (Å²) in [5, 5.41) is 135. The lowest BCUT2D eigenvalue weighted by atomic mass is 9.96. The summed E-state index contributed by atoms with van der Waals surface area (Å²) in [7, 11) is 0. The van der Waals surface area contributed by atoms with Crippen molar-refractivity contribution >= 4 is 17.8 Å². The van der Waals surface area contributed by atoms with Crippen molar-refractivity contribution in [2.45, 2.75) is 168 Å². The van der Waals surface area contributed by atoms with Crippen molar-refractivity contribution in [1.29, 1.82) is 0 Å². The van der Waals surface area contributed by atoms with Gasteiger partial charge in [-0.25, -0.2) is 4.79 Å². The summed E-state index contributed by atoms with van der Waals surface area (Å²) in [4.78, 5) is 42.6. The van der Waals surface area contributed by atoms with E-state index >= 15 is 0 Å². The Morgan fingerprint density at radius 3 is 1.63 bits per heavy atom. The predicted molar refractivity (Wildman–Crippen MR) is 205 cm³/mol. The molecule has 0 spiro atoms. The van der Waals surface area contributed by atoms with E-state index in [1.165, 1.54) is 6.92 Å². The molecule has 5 heterocycles. The van der Waals surface area contributed by atoms with Gasteiger partial charge < -0.3 is 109 Å². The Balaban J connectivity index is 1.23. The molecule has 5 fully saturated rings. The molecule has 0 aromatic rings. The quantitative estimate of drug-likeness (QED) is 0.0354. The molecule has 0 aliphatic carbocycles. The molecule has 5 aliphatic rings. The summed E-state index contributed by atoms with van der Waals surface area (Å²) in [6.07, 6.45) is -31.5. The van der Waals surface area contributed by atoms with Crippen LogP contribution in [0.25, 0.3) is 0 Å². The van der Waals surface area contributed by atoms with Crippen molar-refractivity contribution in [1.82, 2.24) is 9.96 Å². The molecular formula is C38H64N2O25. The molecule has 0 aromatic carbocycles. The number of carbonyl (C=O) groups is 3. The van der Waals surface area contributed by atoms with Crippen LogP contribution in [0.4, 0.5) is 0 Å². The van der Waals surface area contributed by atoms with Gasteiger partial charge in [0.2, 0.25) is 0 Å². The number of amides is 2. The van der Waals surface area contributed by atoms with Gasteiger partial charge in [0.1, 0.15) is 91.6 Å². The number of imide groups is 1. The second-order valence-electron chi connectivity index (χ2n) is 16.5. The highest BCUT2D eigenvalue weighted by Gasteiger charge is 2.52. The molecule has 65 heavy (non-hydrogen) atoms. The third-order valence-electron chi connectivity index (χ3n) is 11.8. The van der Waals surface area contributed by atoms with Crippen molar-refractivity contribution in [3.05, 3.63) is 0 Å². The molecule has 5 aliphatic heterocycles. The molecule has 0 saturated carbocycles.